The van der Waals surface area contributed by atoms with Crippen molar-refractivity contribution in [2.45, 2.75) is 131 Å². The molecule has 0 unspecified atom stereocenters. The van der Waals surface area contributed by atoms with E-state index in [-0.39, 0.29) is 27.1 Å². The topological polar surface area (TPSA) is 9.86 Å². The third-order valence-corrected chi connectivity index (χ3v) is 19.0. The maximum Gasteiger partial charge on any atom is 0.101 e. The third kappa shape index (κ3) is 6.40. The van der Waals surface area contributed by atoms with Crippen LogP contribution in [0.5, 0.6) is 0 Å². The minimum atomic E-state index is 0.0486. The number of aromatic nitrogens is 2. The van der Waals surface area contributed by atoms with Crippen LogP contribution in [0.15, 0.2) is 91.0 Å². The highest BCUT2D eigenvalue weighted by molar-refractivity contribution is 7.35. The molecule has 64 heavy (non-hydrogen) atoms. The minimum Gasteiger partial charge on any atom is -0.301 e. The fourth-order valence-corrected chi connectivity index (χ4v) is 15.1. The van der Waals surface area contributed by atoms with Crippen LogP contribution in [0.25, 0.3) is 93.3 Å². The molecule has 2 nitrogen and oxygen atoms in total. The van der Waals surface area contributed by atoms with E-state index in [0.717, 1.165) is 0 Å². The van der Waals surface area contributed by atoms with E-state index in [4.69, 9.17) is 0 Å². The molecule has 0 bridgehead atoms. The van der Waals surface area contributed by atoms with Gasteiger partial charge < -0.3 is 9.13 Å². The second kappa shape index (κ2) is 13.6. The van der Waals surface area contributed by atoms with Gasteiger partial charge in [-0.15, -0.1) is 45.3 Å². The van der Waals surface area contributed by atoms with Gasteiger partial charge in [0.2, 0.25) is 0 Å². The zero-order valence-electron chi connectivity index (χ0n) is 40.2. The number of rotatable bonds is 2. The smallest absolute Gasteiger partial charge is 0.101 e. The minimum absolute atomic E-state index is 0.0486. The third-order valence-electron chi connectivity index (χ3n) is 13.7. The van der Waals surface area contributed by atoms with Gasteiger partial charge in [0.15, 0.2) is 0 Å². The van der Waals surface area contributed by atoms with Crippen molar-refractivity contribution in [3.8, 4) is 10.0 Å². The van der Waals surface area contributed by atoms with Crippen molar-refractivity contribution in [3.05, 3.63) is 118 Å². The molecule has 0 aliphatic heterocycles. The molecule has 5 aromatic carbocycles. The zero-order chi connectivity index (χ0) is 45.4. The Hall–Kier alpha value is -4.46. The first-order valence-corrected chi connectivity index (χ1v) is 26.2. The predicted octanol–water partition coefficient (Wildman–Crippen LogP) is 19.2. The Bertz CT molecular complexity index is 3590. The van der Waals surface area contributed by atoms with Crippen LogP contribution in [0.3, 0.4) is 0 Å². The molecule has 0 atom stereocenters. The Balaban J connectivity index is 1.24. The second-order valence-corrected chi connectivity index (χ2v) is 27.8. The molecule has 0 saturated carbocycles. The molecule has 0 amide bonds. The van der Waals surface area contributed by atoms with Gasteiger partial charge in [0.25, 0.3) is 0 Å². The number of fused-ring (bicyclic) bond motifs is 14. The van der Waals surface area contributed by atoms with Crippen molar-refractivity contribution in [2.24, 2.45) is 0 Å². The summed E-state index contributed by atoms with van der Waals surface area (Å²) < 4.78 is 12.2. The fourth-order valence-electron chi connectivity index (χ4n) is 9.75. The molecular formula is C58H60N2S4. The second-order valence-electron chi connectivity index (χ2n) is 23.6. The quantitative estimate of drug-likeness (QED) is 0.164. The number of thiophene rings is 4. The van der Waals surface area contributed by atoms with E-state index in [1.807, 2.05) is 45.3 Å². The van der Waals surface area contributed by atoms with Crippen LogP contribution in [-0.2, 0) is 27.1 Å². The molecule has 11 rings (SSSR count). The average Bonchev–Trinajstić information content (AvgIpc) is 4.04. The maximum absolute atomic E-state index is 2.57. The highest BCUT2D eigenvalue weighted by Gasteiger charge is 2.28. The summed E-state index contributed by atoms with van der Waals surface area (Å²) in [6.45, 7) is 35.0. The lowest BCUT2D eigenvalue weighted by molar-refractivity contribution is 0.590. The van der Waals surface area contributed by atoms with Crippen molar-refractivity contribution in [2.75, 3.05) is 0 Å². The molecule has 0 aliphatic rings. The van der Waals surface area contributed by atoms with Crippen molar-refractivity contribution in [1.29, 1.82) is 0 Å². The molecule has 0 radical (unpaired) electrons. The van der Waals surface area contributed by atoms with E-state index >= 15 is 0 Å². The van der Waals surface area contributed by atoms with Gasteiger partial charge in [-0.2, -0.15) is 0 Å². The molecule has 326 valence electrons. The van der Waals surface area contributed by atoms with Crippen molar-refractivity contribution >= 4 is 129 Å². The Morgan fingerprint density at radius 1 is 0.312 bits per heavy atom. The molecule has 0 aliphatic carbocycles. The van der Waals surface area contributed by atoms with Gasteiger partial charge in [-0.3, -0.25) is 0 Å². The van der Waals surface area contributed by atoms with E-state index in [1.54, 1.807) is 0 Å². The molecule has 0 saturated heterocycles. The molecular weight excluding hydrogens is 853 g/mol. The molecule has 11 aromatic rings. The van der Waals surface area contributed by atoms with Gasteiger partial charge in [0.05, 0.1) is 36.2 Å². The average molecular weight is 913 g/mol. The Morgan fingerprint density at radius 2 is 0.672 bits per heavy atom. The fraction of sp³-hybridized carbons (Fsp3) is 0.345. The summed E-state index contributed by atoms with van der Waals surface area (Å²) in [7, 11) is 0. The molecule has 0 fully saturated rings. The lowest BCUT2D eigenvalue weighted by Crippen LogP contribution is -2.10. The first-order chi connectivity index (χ1) is 29.9. The molecule has 0 N–H and O–H groups in total. The molecule has 6 heterocycles. The Morgan fingerprint density at radius 3 is 1.03 bits per heavy atom. The number of benzene rings is 5. The molecule has 6 aromatic heterocycles. The summed E-state index contributed by atoms with van der Waals surface area (Å²) in [5.74, 6) is 0. The maximum atomic E-state index is 2.57. The summed E-state index contributed by atoms with van der Waals surface area (Å²) in [6, 6.07) is 36.4. The number of hydrogen-bond acceptors (Lipinski definition) is 4. The van der Waals surface area contributed by atoms with E-state index in [0.29, 0.717) is 0 Å². The Kier molecular flexibility index (Phi) is 8.94. The van der Waals surface area contributed by atoms with Crippen LogP contribution in [0.2, 0.25) is 0 Å². The van der Waals surface area contributed by atoms with Crippen LogP contribution < -0.4 is 0 Å². The summed E-state index contributed by atoms with van der Waals surface area (Å²) >= 11 is 7.94. The summed E-state index contributed by atoms with van der Waals surface area (Å²) in [6.07, 6.45) is 0. The zero-order valence-corrected chi connectivity index (χ0v) is 43.5. The van der Waals surface area contributed by atoms with Gasteiger partial charge >= 0.3 is 0 Å². The standard InChI is InChI=1S/C58H60N2S4/c1-54(2,3)31-16-20-41-35(24-31)36-25-32(55(4,5)6)17-21-42(36)59(41)47-28-39-49-50(61-45-30-46(58(13,14)15)62-53(45)49)40-29-48(64-52(40)51(39)63-47)60-43-22-18-33(56(7,8)9)26-37(43)38-27-34(57(10,11)12)19-23-44(38)60/h16-30H,1-15H3. The summed E-state index contributed by atoms with van der Waals surface area (Å²) in [5, 5.41) is 12.1. The van der Waals surface area contributed by atoms with Crippen molar-refractivity contribution < 1.29 is 0 Å². The highest BCUT2D eigenvalue weighted by atomic mass is 32.1. The lowest BCUT2D eigenvalue weighted by Gasteiger charge is -2.19. The SMILES string of the molecule is CC(C)(C)c1ccc2c(c1)c1cc(C(C)(C)C)ccc1n2-c1cc2c(s1)c1sc(-n3c4ccc(C(C)(C)C)cc4c4cc(C(C)(C)C)ccc43)cc1c1c3sc(C(C)(C)C)cc3sc21. The predicted molar refractivity (Wildman–Crippen MR) is 290 cm³/mol. The van der Waals surface area contributed by atoms with Gasteiger partial charge in [-0.1, -0.05) is 128 Å². The number of hydrogen-bond donors (Lipinski definition) is 0. The van der Waals surface area contributed by atoms with Gasteiger partial charge in [-0.25, -0.2) is 0 Å². The van der Waals surface area contributed by atoms with Crippen LogP contribution in [0.4, 0.5) is 0 Å². The molecule has 0 spiro atoms. The normalized spacial score (nSPS) is 13.9. The van der Waals surface area contributed by atoms with E-state index < -0.39 is 0 Å². The molecule has 6 heteroatoms. The first kappa shape index (κ1) is 42.2. The van der Waals surface area contributed by atoms with Crippen LogP contribution in [-0.4, -0.2) is 9.13 Å². The van der Waals surface area contributed by atoms with Gasteiger partial charge in [0.1, 0.15) is 10.0 Å². The lowest BCUT2D eigenvalue weighted by atomic mass is 9.85. The summed E-state index contributed by atoms with van der Waals surface area (Å²) in [4.78, 5) is 1.45. The van der Waals surface area contributed by atoms with Crippen LogP contribution in [0, 0.1) is 0 Å². The largest absolute Gasteiger partial charge is 0.301 e. The van der Waals surface area contributed by atoms with Crippen LogP contribution in [0.1, 0.15) is 131 Å². The monoisotopic (exact) mass is 912 g/mol. The van der Waals surface area contributed by atoms with E-state index in [2.05, 4.69) is 204 Å². The van der Waals surface area contributed by atoms with Crippen molar-refractivity contribution in [1.82, 2.24) is 9.13 Å². The Labute approximate surface area is 394 Å². The van der Waals surface area contributed by atoms with Gasteiger partial charge in [-0.05, 0) is 116 Å². The summed E-state index contributed by atoms with van der Waals surface area (Å²) in [5.41, 5.74) is 10.9. The van der Waals surface area contributed by atoms with E-state index in [1.165, 1.54) is 120 Å². The van der Waals surface area contributed by atoms with Gasteiger partial charge in [0, 0.05) is 52.0 Å². The van der Waals surface area contributed by atoms with E-state index in [9.17, 15) is 0 Å². The highest BCUT2D eigenvalue weighted by Crippen LogP contribution is 2.54. The van der Waals surface area contributed by atoms with Crippen molar-refractivity contribution in [3.63, 3.8) is 0 Å². The van der Waals surface area contributed by atoms with Crippen LogP contribution >= 0.6 is 45.3 Å². The number of nitrogens with zero attached hydrogens (tertiary/aromatic N) is 2. The first-order valence-electron chi connectivity index (χ1n) is 22.9.